The summed E-state index contributed by atoms with van der Waals surface area (Å²) in [6.45, 7) is 2.96. The summed E-state index contributed by atoms with van der Waals surface area (Å²) in [5.41, 5.74) is 8.47. The molecule has 4 heteroatoms. The number of hydrogen-bond acceptors (Lipinski definition) is 3. The maximum atomic E-state index is 6.19. The van der Waals surface area contributed by atoms with Gasteiger partial charge >= 0.3 is 0 Å². The topological polar surface area (TPSA) is 53.1 Å². The number of aryl methyl sites for hydroxylation is 1. The molecule has 2 rings (SSSR count). The quantitative estimate of drug-likeness (QED) is 0.878. The largest absolute Gasteiger partial charge is 0.497 e. The van der Waals surface area contributed by atoms with Crippen LogP contribution in [0.1, 0.15) is 24.1 Å². The van der Waals surface area contributed by atoms with Crippen molar-refractivity contribution in [1.29, 1.82) is 0 Å². The number of ether oxygens (including phenoxy) is 1. The minimum atomic E-state index is -0.00888. The summed E-state index contributed by atoms with van der Waals surface area (Å²) in [4.78, 5) is 0. The van der Waals surface area contributed by atoms with Crippen molar-refractivity contribution in [2.45, 2.75) is 25.9 Å². The van der Waals surface area contributed by atoms with Crippen LogP contribution in [0.25, 0.3) is 0 Å². The Hall–Kier alpha value is -1.81. The molecule has 1 aromatic carbocycles. The SMILES string of the molecule is CCn1cc(CC(N)c2ccc(OC)cc2)cn1. The Balaban J connectivity index is 2.03. The molecule has 0 spiro atoms. The van der Waals surface area contributed by atoms with E-state index in [2.05, 4.69) is 12.0 Å². The first-order valence-corrected chi connectivity index (χ1v) is 6.13. The molecule has 1 atom stereocenters. The van der Waals surface area contributed by atoms with Gasteiger partial charge < -0.3 is 10.5 Å². The molecule has 0 aliphatic carbocycles. The second kappa shape index (κ2) is 5.69. The third-order valence-electron chi connectivity index (χ3n) is 3.01. The van der Waals surface area contributed by atoms with Gasteiger partial charge in [-0.25, -0.2) is 0 Å². The van der Waals surface area contributed by atoms with Crippen LogP contribution in [0.5, 0.6) is 5.75 Å². The number of aromatic nitrogens is 2. The average Bonchev–Trinajstić information content (AvgIpc) is 2.86. The molecule has 18 heavy (non-hydrogen) atoms. The second-order valence-electron chi connectivity index (χ2n) is 4.29. The average molecular weight is 245 g/mol. The predicted octanol–water partition coefficient (Wildman–Crippen LogP) is 2.15. The fraction of sp³-hybridized carbons (Fsp3) is 0.357. The smallest absolute Gasteiger partial charge is 0.118 e. The van der Waals surface area contributed by atoms with Crippen molar-refractivity contribution in [3.05, 3.63) is 47.8 Å². The van der Waals surface area contributed by atoms with E-state index in [1.54, 1.807) is 7.11 Å². The van der Waals surface area contributed by atoms with E-state index in [0.29, 0.717) is 0 Å². The van der Waals surface area contributed by atoms with Crippen LogP contribution in [0.15, 0.2) is 36.7 Å². The number of hydrogen-bond donors (Lipinski definition) is 1. The predicted molar refractivity (Wildman–Crippen MR) is 71.5 cm³/mol. The van der Waals surface area contributed by atoms with Crippen LogP contribution in [-0.4, -0.2) is 16.9 Å². The van der Waals surface area contributed by atoms with Crippen LogP contribution < -0.4 is 10.5 Å². The Labute approximate surface area is 107 Å². The third kappa shape index (κ3) is 2.90. The van der Waals surface area contributed by atoms with Gasteiger partial charge in [-0.05, 0) is 36.6 Å². The van der Waals surface area contributed by atoms with Gasteiger partial charge in [0.25, 0.3) is 0 Å². The second-order valence-corrected chi connectivity index (χ2v) is 4.29. The summed E-state index contributed by atoms with van der Waals surface area (Å²) >= 11 is 0. The lowest BCUT2D eigenvalue weighted by atomic mass is 10.0. The number of rotatable bonds is 5. The van der Waals surface area contributed by atoms with E-state index < -0.39 is 0 Å². The van der Waals surface area contributed by atoms with E-state index in [1.165, 1.54) is 5.56 Å². The monoisotopic (exact) mass is 245 g/mol. The van der Waals surface area contributed by atoms with Gasteiger partial charge in [0.1, 0.15) is 5.75 Å². The fourth-order valence-corrected chi connectivity index (χ4v) is 1.91. The van der Waals surface area contributed by atoms with Crippen LogP contribution in [0.4, 0.5) is 0 Å². The lowest BCUT2D eigenvalue weighted by Gasteiger charge is -2.11. The highest BCUT2D eigenvalue weighted by atomic mass is 16.5. The summed E-state index contributed by atoms with van der Waals surface area (Å²) in [6.07, 6.45) is 4.72. The summed E-state index contributed by atoms with van der Waals surface area (Å²) in [5, 5.41) is 4.25. The summed E-state index contributed by atoms with van der Waals surface area (Å²) in [5.74, 6) is 0.852. The van der Waals surface area contributed by atoms with Gasteiger partial charge in [-0.15, -0.1) is 0 Å². The maximum absolute atomic E-state index is 6.19. The molecule has 0 aliphatic heterocycles. The van der Waals surface area contributed by atoms with Gasteiger partial charge in [0, 0.05) is 18.8 Å². The van der Waals surface area contributed by atoms with Crippen LogP contribution in [0.3, 0.4) is 0 Å². The van der Waals surface area contributed by atoms with Crippen molar-refractivity contribution in [3.8, 4) is 5.75 Å². The molecule has 1 heterocycles. The van der Waals surface area contributed by atoms with Crippen molar-refractivity contribution in [1.82, 2.24) is 9.78 Å². The zero-order valence-electron chi connectivity index (χ0n) is 10.8. The molecule has 96 valence electrons. The standard InChI is InChI=1S/C14H19N3O/c1-3-17-10-11(9-16-17)8-14(15)12-4-6-13(18-2)7-5-12/h4-7,9-10,14H,3,8,15H2,1-2H3. The molecular formula is C14H19N3O. The molecular weight excluding hydrogens is 226 g/mol. The Morgan fingerprint density at radius 2 is 2.06 bits per heavy atom. The zero-order valence-corrected chi connectivity index (χ0v) is 10.8. The fourth-order valence-electron chi connectivity index (χ4n) is 1.91. The number of nitrogens with two attached hydrogens (primary N) is 1. The Bertz CT molecular complexity index is 490. The molecule has 2 N–H and O–H groups in total. The van der Waals surface area contributed by atoms with E-state index in [9.17, 15) is 0 Å². The summed E-state index contributed by atoms with van der Waals surface area (Å²) in [6, 6.07) is 7.88. The molecule has 1 unspecified atom stereocenters. The molecule has 4 nitrogen and oxygen atoms in total. The van der Waals surface area contributed by atoms with E-state index in [1.807, 2.05) is 41.3 Å². The van der Waals surface area contributed by atoms with Crippen molar-refractivity contribution in [3.63, 3.8) is 0 Å². The minimum absolute atomic E-state index is 0.00888. The van der Waals surface area contributed by atoms with Crippen molar-refractivity contribution < 1.29 is 4.74 Å². The Morgan fingerprint density at radius 1 is 1.33 bits per heavy atom. The highest BCUT2D eigenvalue weighted by Crippen LogP contribution is 2.19. The van der Waals surface area contributed by atoms with Crippen LogP contribution in [-0.2, 0) is 13.0 Å². The minimum Gasteiger partial charge on any atom is -0.497 e. The van der Waals surface area contributed by atoms with Crippen LogP contribution >= 0.6 is 0 Å². The lowest BCUT2D eigenvalue weighted by Crippen LogP contribution is -2.12. The van der Waals surface area contributed by atoms with Gasteiger partial charge in [0.2, 0.25) is 0 Å². The zero-order chi connectivity index (χ0) is 13.0. The van der Waals surface area contributed by atoms with Gasteiger partial charge in [-0.1, -0.05) is 12.1 Å². The van der Waals surface area contributed by atoms with E-state index >= 15 is 0 Å². The third-order valence-corrected chi connectivity index (χ3v) is 3.01. The molecule has 0 fully saturated rings. The van der Waals surface area contributed by atoms with Gasteiger partial charge in [0.05, 0.1) is 13.3 Å². The van der Waals surface area contributed by atoms with Crippen LogP contribution in [0, 0.1) is 0 Å². The normalized spacial score (nSPS) is 12.4. The highest BCUT2D eigenvalue weighted by Gasteiger charge is 2.08. The van der Waals surface area contributed by atoms with Crippen molar-refractivity contribution >= 4 is 0 Å². The number of benzene rings is 1. The molecule has 0 saturated carbocycles. The molecule has 2 aromatic rings. The Kier molecular flexibility index (Phi) is 3.99. The van der Waals surface area contributed by atoms with E-state index in [4.69, 9.17) is 10.5 Å². The molecule has 0 bridgehead atoms. The lowest BCUT2D eigenvalue weighted by molar-refractivity contribution is 0.414. The summed E-state index contributed by atoms with van der Waals surface area (Å²) < 4.78 is 7.04. The maximum Gasteiger partial charge on any atom is 0.118 e. The first-order valence-electron chi connectivity index (χ1n) is 6.13. The Morgan fingerprint density at radius 3 is 2.61 bits per heavy atom. The number of nitrogens with zero attached hydrogens (tertiary/aromatic N) is 2. The van der Waals surface area contributed by atoms with Gasteiger partial charge in [0.15, 0.2) is 0 Å². The molecule has 1 aromatic heterocycles. The van der Waals surface area contributed by atoms with Crippen molar-refractivity contribution in [2.75, 3.05) is 7.11 Å². The molecule has 0 saturated heterocycles. The summed E-state index contributed by atoms with van der Waals surface area (Å²) in [7, 11) is 1.66. The van der Waals surface area contributed by atoms with Gasteiger partial charge in [-0.3, -0.25) is 4.68 Å². The van der Waals surface area contributed by atoms with Crippen molar-refractivity contribution in [2.24, 2.45) is 5.73 Å². The molecule has 0 amide bonds. The van der Waals surface area contributed by atoms with E-state index in [0.717, 1.165) is 24.3 Å². The first kappa shape index (κ1) is 12.6. The number of methoxy groups -OCH3 is 1. The molecule has 0 radical (unpaired) electrons. The van der Waals surface area contributed by atoms with Crippen LogP contribution in [0.2, 0.25) is 0 Å². The van der Waals surface area contributed by atoms with Gasteiger partial charge in [-0.2, -0.15) is 5.10 Å². The highest BCUT2D eigenvalue weighted by molar-refractivity contribution is 5.29. The molecule has 0 aliphatic rings. The first-order chi connectivity index (χ1) is 8.72. The van der Waals surface area contributed by atoms with E-state index in [-0.39, 0.29) is 6.04 Å².